The van der Waals surface area contributed by atoms with E-state index in [9.17, 15) is 5.11 Å². The van der Waals surface area contributed by atoms with Crippen molar-refractivity contribution in [2.45, 2.75) is 56.7 Å². The molecule has 1 saturated carbocycles. The number of aliphatic hydroxyl groups excluding tert-OH is 1. The SMILES string of the molecule is OC1CCN(C2CCCCC2)CC1n1c2ccc(Cl)cc2c2cc(Cl)ccc21. The van der Waals surface area contributed by atoms with Crippen molar-refractivity contribution in [2.75, 3.05) is 13.1 Å². The molecule has 0 amide bonds. The number of aromatic nitrogens is 1. The Morgan fingerprint density at radius 1 is 0.821 bits per heavy atom. The van der Waals surface area contributed by atoms with Crippen molar-refractivity contribution in [3.8, 4) is 0 Å². The van der Waals surface area contributed by atoms with Crippen molar-refractivity contribution in [1.29, 1.82) is 0 Å². The molecule has 5 heteroatoms. The highest BCUT2D eigenvalue weighted by atomic mass is 35.5. The summed E-state index contributed by atoms with van der Waals surface area (Å²) in [5.74, 6) is 0. The van der Waals surface area contributed by atoms with Gasteiger partial charge in [-0.05, 0) is 55.7 Å². The van der Waals surface area contributed by atoms with Crippen LogP contribution >= 0.6 is 23.2 Å². The minimum absolute atomic E-state index is 0.0398. The summed E-state index contributed by atoms with van der Waals surface area (Å²) in [6.45, 7) is 1.90. The lowest BCUT2D eigenvalue weighted by Crippen LogP contribution is -2.49. The lowest BCUT2D eigenvalue weighted by molar-refractivity contribution is 0.0112. The summed E-state index contributed by atoms with van der Waals surface area (Å²) >= 11 is 12.6. The molecule has 0 spiro atoms. The molecule has 1 aromatic heterocycles. The van der Waals surface area contributed by atoms with E-state index >= 15 is 0 Å². The first kappa shape index (κ1) is 18.7. The van der Waals surface area contributed by atoms with Crippen LogP contribution in [0, 0.1) is 0 Å². The van der Waals surface area contributed by atoms with Crippen LogP contribution in [0.4, 0.5) is 0 Å². The predicted octanol–water partition coefficient (Wildman–Crippen LogP) is 6.04. The minimum Gasteiger partial charge on any atom is -0.391 e. The second-order valence-electron chi connectivity index (χ2n) is 8.40. The van der Waals surface area contributed by atoms with E-state index in [0.717, 1.165) is 51.4 Å². The quantitative estimate of drug-likeness (QED) is 0.551. The molecule has 2 unspecified atom stereocenters. The normalized spacial score (nSPS) is 25.0. The van der Waals surface area contributed by atoms with Crippen LogP contribution in [-0.2, 0) is 0 Å². The second kappa shape index (κ2) is 7.53. The Kier molecular flexibility index (Phi) is 5.04. The molecule has 3 aromatic rings. The Hall–Kier alpha value is -1.26. The van der Waals surface area contributed by atoms with E-state index in [2.05, 4.69) is 21.6 Å². The zero-order valence-electron chi connectivity index (χ0n) is 16.0. The van der Waals surface area contributed by atoms with Crippen LogP contribution in [0.1, 0.15) is 44.6 Å². The highest BCUT2D eigenvalue weighted by molar-refractivity contribution is 6.33. The van der Waals surface area contributed by atoms with Gasteiger partial charge < -0.3 is 9.67 Å². The molecule has 1 aliphatic carbocycles. The molecule has 0 bridgehead atoms. The number of fused-ring (bicyclic) bond motifs is 3. The fraction of sp³-hybridized carbons (Fsp3) is 0.478. The number of likely N-dealkylation sites (tertiary alicyclic amines) is 1. The van der Waals surface area contributed by atoms with Crippen LogP contribution in [0.3, 0.4) is 0 Å². The summed E-state index contributed by atoms with van der Waals surface area (Å²) in [4.78, 5) is 2.63. The van der Waals surface area contributed by atoms with Gasteiger partial charge in [-0.2, -0.15) is 0 Å². The fourth-order valence-electron chi connectivity index (χ4n) is 5.33. The number of halogens is 2. The molecule has 2 aliphatic rings. The molecule has 1 aliphatic heterocycles. The Bertz CT molecular complexity index is 949. The van der Waals surface area contributed by atoms with Gasteiger partial charge in [0.1, 0.15) is 0 Å². The van der Waals surface area contributed by atoms with Gasteiger partial charge in [0, 0.05) is 51.0 Å². The number of benzene rings is 2. The molecular formula is C23H26Cl2N2O. The van der Waals surface area contributed by atoms with Crippen LogP contribution in [-0.4, -0.2) is 39.8 Å². The maximum Gasteiger partial charge on any atom is 0.0772 e. The van der Waals surface area contributed by atoms with Gasteiger partial charge in [-0.15, -0.1) is 0 Å². The predicted molar refractivity (Wildman–Crippen MR) is 118 cm³/mol. The molecule has 2 fully saturated rings. The molecular weight excluding hydrogens is 391 g/mol. The van der Waals surface area contributed by atoms with Crippen molar-refractivity contribution in [3.63, 3.8) is 0 Å². The molecule has 148 valence electrons. The molecule has 1 N–H and O–H groups in total. The number of hydrogen-bond donors (Lipinski definition) is 1. The van der Waals surface area contributed by atoms with Crippen LogP contribution in [0.15, 0.2) is 36.4 Å². The molecule has 1 saturated heterocycles. The van der Waals surface area contributed by atoms with Crippen molar-refractivity contribution in [2.24, 2.45) is 0 Å². The van der Waals surface area contributed by atoms with Crippen LogP contribution < -0.4 is 0 Å². The summed E-state index contributed by atoms with van der Waals surface area (Å²) in [6.07, 6.45) is 7.10. The van der Waals surface area contributed by atoms with Gasteiger partial charge in [-0.3, -0.25) is 4.90 Å². The second-order valence-corrected chi connectivity index (χ2v) is 9.28. The maximum atomic E-state index is 11.0. The van der Waals surface area contributed by atoms with E-state index < -0.39 is 0 Å². The Labute approximate surface area is 175 Å². The Balaban J connectivity index is 1.62. The number of nitrogens with zero attached hydrogens (tertiary/aromatic N) is 2. The maximum absolute atomic E-state index is 11.0. The first-order valence-corrected chi connectivity index (χ1v) is 11.2. The fourth-order valence-corrected chi connectivity index (χ4v) is 5.67. The van der Waals surface area contributed by atoms with Gasteiger partial charge in [-0.25, -0.2) is 0 Å². The average molecular weight is 417 g/mol. The number of rotatable bonds is 2. The third kappa shape index (κ3) is 3.23. The largest absolute Gasteiger partial charge is 0.391 e. The standard InChI is InChI=1S/C23H26Cl2N2O/c24-15-6-8-20-18(12-15)19-13-16(25)7-9-21(19)27(20)22-14-26(11-10-23(22)28)17-4-2-1-3-5-17/h6-9,12-13,17,22-23,28H,1-5,10-11,14H2. The Morgan fingerprint density at radius 3 is 2.04 bits per heavy atom. The molecule has 28 heavy (non-hydrogen) atoms. The van der Waals surface area contributed by atoms with Crippen LogP contribution in [0.2, 0.25) is 10.0 Å². The van der Waals surface area contributed by atoms with E-state index in [1.807, 2.05) is 24.3 Å². The number of hydrogen-bond acceptors (Lipinski definition) is 2. The van der Waals surface area contributed by atoms with Gasteiger partial charge >= 0.3 is 0 Å². The molecule has 5 rings (SSSR count). The van der Waals surface area contributed by atoms with E-state index in [0.29, 0.717) is 6.04 Å². The lowest BCUT2D eigenvalue weighted by Gasteiger charge is -2.42. The molecule has 2 aromatic carbocycles. The van der Waals surface area contributed by atoms with Gasteiger partial charge in [0.2, 0.25) is 0 Å². The molecule has 3 nitrogen and oxygen atoms in total. The van der Waals surface area contributed by atoms with E-state index in [1.54, 1.807) is 0 Å². The third-order valence-electron chi connectivity index (χ3n) is 6.73. The summed E-state index contributed by atoms with van der Waals surface area (Å²) < 4.78 is 2.33. The summed E-state index contributed by atoms with van der Waals surface area (Å²) in [7, 11) is 0. The van der Waals surface area contributed by atoms with E-state index in [1.165, 1.54) is 32.1 Å². The van der Waals surface area contributed by atoms with Crippen molar-refractivity contribution in [3.05, 3.63) is 46.4 Å². The van der Waals surface area contributed by atoms with Crippen molar-refractivity contribution >= 4 is 45.0 Å². The van der Waals surface area contributed by atoms with E-state index in [4.69, 9.17) is 23.2 Å². The smallest absolute Gasteiger partial charge is 0.0772 e. The van der Waals surface area contributed by atoms with Crippen LogP contribution in [0.25, 0.3) is 21.8 Å². The summed E-state index contributed by atoms with van der Waals surface area (Å²) in [5, 5.41) is 14.6. The van der Waals surface area contributed by atoms with Gasteiger partial charge in [0.15, 0.2) is 0 Å². The zero-order valence-corrected chi connectivity index (χ0v) is 17.5. The first-order chi connectivity index (χ1) is 13.6. The zero-order chi connectivity index (χ0) is 19.3. The summed E-state index contributed by atoms with van der Waals surface area (Å²) in [6, 6.07) is 12.8. The Morgan fingerprint density at radius 2 is 1.43 bits per heavy atom. The summed E-state index contributed by atoms with van der Waals surface area (Å²) in [5.41, 5.74) is 2.24. The van der Waals surface area contributed by atoms with Crippen molar-refractivity contribution < 1.29 is 5.11 Å². The van der Waals surface area contributed by atoms with E-state index in [-0.39, 0.29) is 12.1 Å². The molecule has 2 heterocycles. The number of piperidine rings is 1. The molecule has 2 atom stereocenters. The van der Waals surface area contributed by atoms with Gasteiger partial charge in [-0.1, -0.05) is 42.5 Å². The van der Waals surface area contributed by atoms with Crippen LogP contribution in [0.5, 0.6) is 0 Å². The average Bonchev–Trinajstić information content (AvgIpc) is 3.02. The lowest BCUT2D eigenvalue weighted by atomic mass is 9.91. The highest BCUT2D eigenvalue weighted by Crippen LogP contribution is 2.38. The first-order valence-electron chi connectivity index (χ1n) is 10.4. The van der Waals surface area contributed by atoms with Gasteiger partial charge in [0.25, 0.3) is 0 Å². The highest BCUT2D eigenvalue weighted by Gasteiger charge is 2.34. The monoisotopic (exact) mass is 416 g/mol. The topological polar surface area (TPSA) is 28.4 Å². The minimum atomic E-state index is -0.343. The molecule has 0 radical (unpaired) electrons. The van der Waals surface area contributed by atoms with Gasteiger partial charge in [0.05, 0.1) is 12.1 Å². The van der Waals surface area contributed by atoms with Crippen molar-refractivity contribution in [1.82, 2.24) is 9.47 Å². The third-order valence-corrected chi connectivity index (χ3v) is 7.20. The number of aliphatic hydroxyl groups is 1.